The third-order valence-electron chi connectivity index (χ3n) is 4.60. The molecule has 0 bridgehead atoms. The number of sulfonamides is 1. The van der Waals surface area contributed by atoms with Gasteiger partial charge in [0.2, 0.25) is 5.91 Å². The van der Waals surface area contributed by atoms with Gasteiger partial charge in [0.25, 0.3) is 10.0 Å². The highest BCUT2D eigenvalue weighted by atomic mass is 35.5. The molecule has 1 saturated heterocycles. The summed E-state index contributed by atoms with van der Waals surface area (Å²) >= 11 is 6.94. The summed E-state index contributed by atoms with van der Waals surface area (Å²) in [6.07, 6.45) is 3.38. The molecule has 3 aromatic rings. The molecule has 0 aliphatic carbocycles. The third kappa shape index (κ3) is 4.35. The van der Waals surface area contributed by atoms with Crippen LogP contribution in [-0.4, -0.2) is 66.2 Å². The van der Waals surface area contributed by atoms with E-state index in [0.717, 1.165) is 17.0 Å². The average molecular weight is 452 g/mol. The molecule has 1 aliphatic rings. The standard InChI is InChI=1S/C18H18ClN5O3S2/c19-15-2-1-13-11-17(28-18(13)22-15)29(26,27)24-10-9-23(16(25)12-24)8-7-21-14-3-5-20-6-4-14/h1-6,11H,7-10,12H2,(H,20,21). The molecule has 1 N–H and O–H groups in total. The zero-order chi connectivity index (χ0) is 20.4. The van der Waals surface area contributed by atoms with Gasteiger partial charge < -0.3 is 10.2 Å². The number of hydrogen-bond donors (Lipinski definition) is 1. The molecule has 152 valence electrons. The van der Waals surface area contributed by atoms with Crippen LogP contribution in [0.4, 0.5) is 5.69 Å². The van der Waals surface area contributed by atoms with Gasteiger partial charge in [0, 0.05) is 49.6 Å². The number of carbonyl (C=O) groups excluding carboxylic acids is 1. The predicted molar refractivity (Wildman–Crippen MR) is 113 cm³/mol. The second-order valence-electron chi connectivity index (χ2n) is 6.48. The summed E-state index contributed by atoms with van der Waals surface area (Å²) in [7, 11) is -3.76. The number of piperazine rings is 1. The lowest BCUT2D eigenvalue weighted by atomic mass is 10.3. The van der Waals surface area contributed by atoms with Crippen LogP contribution in [-0.2, 0) is 14.8 Å². The van der Waals surface area contributed by atoms with Gasteiger partial charge in [-0.1, -0.05) is 11.6 Å². The maximum atomic E-state index is 13.0. The Morgan fingerprint density at radius 2 is 1.97 bits per heavy atom. The van der Waals surface area contributed by atoms with Crippen LogP contribution in [0.3, 0.4) is 0 Å². The summed E-state index contributed by atoms with van der Waals surface area (Å²) in [5.41, 5.74) is 0.923. The Morgan fingerprint density at radius 1 is 1.17 bits per heavy atom. The van der Waals surface area contributed by atoms with E-state index in [1.807, 2.05) is 12.1 Å². The van der Waals surface area contributed by atoms with E-state index in [4.69, 9.17) is 11.6 Å². The van der Waals surface area contributed by atoms with Crippen LogP contribution in [0.2, 0.25) is 5.15 Å². The third-order valence-corrected chi connectivity index (χ3v) is 8.14. The van der Waals surface area contributed by atoms with E-state index in [1.165, 1.54) is 4.31 Å². The number of amides is 1. The minimum atomic E-state index is -3.76. The summed E-state index contributed by atoms with van der Waals surface area (Å²) in [4.78, 5) is 22.8. The van der Waals surface area contributed by atoms with E-state index in [1.54, 1.807) is 35.5 Å². The lowest BCUT2D eigenvalue weighted by molar-refractivity contribution is -0.133. The van der Waals surface area contributed by atoms with Crippen molar-refractivity contribution in [3.05, 3.63) is 47.9 Å². The molecular formula is C18H18ClN5O3S2. The molecule has 0 spiro atoms. The highest BCUT2D eigenvalue weighted by Crippen LogP contribution is 2.31. The summed E-state index contributed by atoms with van der Waals surface area (Å²) in [5, 5.41) is 4.24. The smallest absolute Gasteiger partial charge is 0.253 e. The van der Waals surface area contributed by atoms with Crippen LogP contribution in [0.15, 0.2) is 46.9 Å². The van der Waals surface area contributed by atoms with Crippen molar-refractivity contribution in [1.29, 1.82) is 0 Å². The molecule has 0 aromatic carbocycles. The van der Waals surface area contributed by atoms with Gasteiger partial charge in [-0.3, -0.25) is 9.78 Å². The number of carbonyl (C=O) groups is 1. The molecule has 8 nitrogen and oxygen atoms in total. The van der Waals surface area contributed by atoms with Crippen molar-refractivity contribution in [2.45, 2.75) is 4.21 Å². The number of nitrogens with one attached hydrogen (secondary N) is 1. The van der Waals surface area contributed by atoms with E-state index < -0.39 is 10.0 Å². The predicted octanol–water partition coefficient (Wildman–Crippen LogP) is 2.29. The maximum absolute atomic E-state index is 13.0. The minimum absolute atomic E-state index is 0.167. The summed E-state index contributed by atoms with van der Waals surface area (Å²) in [5.74, 6) is -0.210. The van der Waals surface area contributed by atoms with Crippen molar-refractivity contribution < 1.29 is 13.2 Å². The molecule has 4 rings (SSSR count). The topological polar surface area (TPSA) is 95.5 Å². The van der Waals surface area contributed by atoms with E-state index in [-0.39, 0.29) is 23.2 Å². The van der Waals surface area contributed by atoms with Gasteiger partial charge >= 0.3 is 0 Å². The summed E-state index contributed by atoms with van der Waals surface area (Å²) in [6, 6.07) is 8.63. The number of fused-ring (bicyclic) bond motifs is 1. The molecule has 1 aliphatic heterocycles. The Kier molecular flexibility index (Phi) is 5.68. The molecule has 4 heterocycles. The first-order chi connectivity index (χ1) is 13.9. The molecule has 0 unspecified atom stereocenters. The van der Waals surface area contributed by atoms with Crippen molar-refractivity contribution in [3.63, 3.8) is 0 Å². The number of thiophene rings is 1. The van der Waals surface area contributed by atoms with E-state index >= 15 is 0 Å². The van der Waals surface area contributed by atoms with Crippen molar-refractivity contribution in [2.24, 2.45) is 0 Å². The van der Waals surface area contributed by atoms with Gasteiger partial charge in [-0.25, -0.2) is 13.4 Å². The van der Waals surface area contributed by atoms with Gasteiger partial charge in [-0.2, -0.15) is 4.31 Å². The molecule has 29 heavy (non-hydrogen) atoms. The Bertz CT molecular complexity index is 1140. The fraction of sp³-hybridized carbons (Fsp3) is 0.278. The molecule has 0 atom stereocenters. The first-order valence-electron chi connectivity index (χ1n) is 8.91. The van der Waals surface area contributed by atoms with Gasteiger partial charge in [0.05, 0.1) is 6.54 Å². The number of anilines is 1. The van der Waals surface area contributed by atoms with Gasteiger partial charge in [-0.05, 0) is 30.3 Å². The number of nitrogens with zero attached hydrogens (tertiary/aromatic N) is 4. The number of halogens is 1. The van der Waals surface area contributed by atoms with Gasteiger partial charge in [0.1, 0.15) is 14.2 Å². The van der Waals surface area contributed by atoms with E-state index in [2.05, 4.69) is 15.3 Å². The number of rotatable bonds is 6. The largest absolute Gasteiger partial charge is 0.383 e. The molecule has 0 radical (unpaired) electrons. The Labute approximate surface area is 177 Å². The van der Waals surface area contributed by atoms with Crippen LogP contribution in [0, 0.1) is 0 Å². The quantitative estimate of drug-likeness (QED) is 0.578. The monoisotopic (exact) mass is 451 g/mol. The first-order valence-corrected chi connectivity index (χ1v) is 11.5. The number of pyridine rings is 2. The normalized spacial score (nSPS) is 15.8. The highest BCUT2D eigenvalue weighted by molar-refractivity contribution is 7.91. The lowest BCUT2D eigenvalue weighted by Crippen LogP contribution is -2.52. The molecule has 1 fully saturated rings. The van der Waals surface area contributed by atoms with Crippen molar-refractivity contribution in [2.75, 3.05) is 38.0 Å². The van der Waals surface area contributed by atoms with Crippen LogP contribution in [0.5, 0.6) is 0 Å². The second-order valence-corrected chi connectivity index (χ2v) is 10.1. The van der Waals surface area contributed by atoms with E-state index in [9.17, 15) is 13.2 Å². The lowest BCUT2D eigenvalue weighted by Gasteiger charge is -2.33. The van der Waals surface area contributed by atoms with Crippen molar-refractivity contribution in [1.82, 2.24) is 19.2 Å². The van der Waals surface area contributed by atoms with Gasteiger partial charge in [-0.15, -0.1) is 11.3 Å². The van der Waals surface area contributed by atoms with Crippen molar-refractivity contribution in [3.8, 4) is 0 Å². The second kappa shape index (κ2) is 8.23. The van der Waals surface area contributed by atoms with Crippen molar-refractivity contribution >= 4 is 54.8 Å². The van der Waals surface area contributed by atoms with Crippen LogP contribution < -0.4 is 5.32 Å². The highest BCUT2D eigenvalue weighted by Gasteiger charge is 2.33. The first kappa shape index (κ1) is 20.0. The fourth-order valence-electron chi connectivity index (χ4n) is 3.06. The van der Waals surface area contributed by atoms with Crippen LogP contribution in [0.1, 0.15) is 0 Å². The number of hydrogen-bond acceptors (Lipinski definition) is 7. The minimum Gasteiger partial charge on any atom is -0.383 e. The van der Waals surface area contributed by atoms with Gasteiger partial charge in [0.15, 0.2) is 0 Å². The average Bonchev–Trinajstić information content (AvgIpc) is 3.14. The van der Waals surface area contributed by atoms with Crippen LogP contribution >= 0.6 is 22.9 Å². The zero-order valence-electron chi connectivity index (χ0n) is 15.3. The molecule has 0 saturated carbocycles. The maximum Gasteiger partial charge on any atom is 0.253 e. The Morgan fingerprint density at radius 3 is 2.72 bits per heavy atom. The molecule has 1 amide bonds. The molecule has 3 aromatic heterocycles. The van der Waals surface area contributed by atoms with E-state index in [0.29, 0.717) is 35.0 Å². The molecular weight excluding hydrogens is 434 g/mol. The molecule has 11 heteroatoms. The summed E-state index contributed by atoms with van der Waals surface area (Å²) < 4.78 is 27.4. The fourth-order valence-corrected chi connectivity index (χ4v) is 6.13. The van der Waals surface area contributed by atoms with Crippen LogP contribution in [0.25, 0.3) is 10.2 Å². The Balaban J connectivity index is 1.39. The Hall–Kier alpha value is -2.27. The summed E-state index contributed by atoms with van der Waals surface area (Å²) in [6.45, 7) is 1.52. The SMILES string of the molecule is O=C1CN(S(=O)(=O)c2cc3ccc(Cl)nc3s2)CCN1CCNc1ccncc1. The zero-order valence-corrected chi connectivity index (χ0v) is 17.7. The number of aromatic nitrogens is 2.